The predicted octanol–water partition coefficient (Wildman–Crippen LogP) is 3.63. The highest BCUT2D eigenvalue weighted by Crippen LogP contribution is 2.30. The van der Waals surface area contributed by atoms with Crippen molar-refractivity contribution < 1.29 is 4.39 Å². The lowest BCUT2D eigenvalue weighted by Gasteiger charge is -2.30. The Bertz CT molecular complexity index is 367. The van der Waals surface area contributed by atoms with Crippen molar-refractivity contribution in [3.05, 3.63) is 24.1 Å². The molecule has 2 atom stereocenters. The Morgan fingerprint density at radius 1 is 1.53 bits per heavy atom. The molecule has 1 aliphatic heterocycles. The average molecular weight is 236 g/mol. The Balaban J connectivity index is 2.14. The van der Waals surface area contributed by atoms with Gasteiger partial charge in [-0.3, -0.25) is 0 Å². The lowest BCUT2D eigenvalue weighted by molar-refractivity contribution is 0.419. The Labute approximate surface area is 103 Å². The van der Waals surface area contributed by atoms with Gasteiger partial charge in [-0.25, -0.2) is 4.98 Å². The number of anilines is 1. The van der Waals surface area contributed by atoms with E-state index in [9.17, 15) is 4.39 Å². The van der Waals surface area contributed by atoms with Gasteiger partial charge in [0.05, 0.1) is 0 Å². The number of nitrogens with zero attached hydrogens (tertiary/aromatic N) is 2. The monoisotopic (exact) mass is 236 g/mol. The van der Waals surface area contributed by atoms with Crippen molar-refractivity contribution in [2.24, 2.45) is 5.92 Å². The summed E-state index contributed by atoms with van der Waals surface area (Å²) in [6.45, 7) is 5.52. The molecule has 1 fully saturated rings. The largest absolute Gasteiger partial charge is 0.353 e. The van der Waals surface area contributed by atoms with Crippen LogP contribution in [0.2, 0.25) is 0 Å². The lowest BCUT2D eigenvalue weighted by atomic mass is 9.95. The van der Waals surface area contributed by atoms with Gasteiger partial charge in [0.15, 0.2) is 0 Å². The fraction of sp³-hybridized carbons (Fsp3) is 0.643. The molecule has 0 spiro atoms. The lowest BCUT2D eigenvalue weighted by Crippen LogP contribution is -2.35. The third-order valence-corrected chi connectivity index (χ3v) is 3.69. The maximum Gasteiger partial charge on any atom is 0.214 e. The molecule has 0 amide bonds. The summed E-state index contributed by atoms with van der Waals surface area (Å²) in [5, 5.41) is 0. The molecule has 2 unspecified atom stereocenters. The van der Waals surface area contributed by atoms with E-state index in [0.29, 0.717) is 12.0 Å². The zero-order valence-electron chi connectivity index (χ0n) is 10.7. The van der Waals surface area contributed by atoms with Gasteiger partial charge in [0.25, 0.3) is 0 Å². The van der Waals surface area contributed by atoms with E-state index < -0.39 is 0 Å². The first kappa shape index (κ1) is 12.3. The summed E-state index contributed by atoms with van der Waals surface area (Å²) in [5.74, 6) is 1.08. The zero-order valence-corrected chi connectivity index (χ0v) is 10.7. The van der Waals surface area contributed by atoms with Crippen LogP contribution in [0.3, 0.4) is 0 Å². The molecule has 2 rings (SSSR count). The second-order valence-corrected chi connectivity index (χ2v) is 4.99. The highest BCUT2D eigenvalue weighted by molar-refractivity contribution is 5.40. The van der Waals surface area contributed by atoms with Crippen molar-refractivity contribution in [1.82, 2.24) is 4.98 Å². The fourth-order valence-electron chi connectivity index (χ4n) is 2.87. The van der Waals surface area contributed by atoms with Gasteiger partial charge in [-0.1, -0.05) is 26.3 Å². The quantitative estimate of drug-likeness (QED) is 0.742. The molecule has 0 aliphatic carbocycles. The summed E-state index contributed by atoms with van der Waals surface area (Å²) >= 11 is 0. The highest BCUT2D eigenvalue weighted by atomic mass is 19.1. The van der Waals surface area contributed by atoms with Crippen LogP contribution in [0.25, 0.3) is 0 Å². The topological polar surface area (TPSA) is 16.1 Å². The molecule has 3 heteroatoms. The molecule has 1 aromatic rings. The van der Waals surface area contributed by atoms with Gasteiger partial charge < -0.3 is 4.90 Å². The number of hydrogen-bond donors (Lipinski definition) is 0. The first-order chi connectivity index (χ1) is 8.22. The van der Waals surface area contributed by atoms with Crippen molar-refractivity contribution in [3.8, 4) is 0 Å². The molecule has 0 radical (unpaired) electrons. The standard InChI is InChI=1S/C14H21FN2/c1-3-6-11(2)12-7-5-10-17(12)14-9-4-8-13(15)16-14/h4,8-9,11-12H,3,5-7,10H2,1-2H3. The Hall–Kier alpha value is -1.12. The average Bonchev–Trinajstić information content (AvgIpc) is 2.78. The van der Waals surface area contributed by atoms with Gasteiger partial charge >= 0.3 is 0 Å². The smallest absolute Gasteiger partial charge is 0.214 e. The van der Waals surface area contributed by atoms with E-state index in [2.05, 4.69) is 23.7 Å². The zero-order chi connectivity index (χ0) is 12.3. The molecule has 0 N–H and O–H groups in total. The number of pyridine rings is 1. The van der Waals surface area contributed by atoms with Crippen LogP contribution < -0.4 is 4.90 Å². The summed E-state index contributed by atoms with van der Waals surface area (Å²) in [6.07, 6.45) is 4.84. The minimum Gasteiger partial charge on any atom is -0.353 e. The van der Waals surface area contributed by atoms with Crippen LogP contribution in [-0.2, 0) is 0 Å². The van der Waals surface area contributed by atoms with Gasteiger partial charge in [0.2, 0.25) is 5.95 Å². The van der Waals surface area contributed by atoms with E-state index in [1.54, 1.807) is 6.07 Å². The molecule has 17 heavy (non-hydrogen) atoms. The van der Waals surface area contributed by atoms with Crippen LogP contribution in [0.1, 0.15) is 39.5 Å². The first-order valence-electron chi connectivity index (χ1n) is 6.61. The Morgan fingerprint density at radius 3 is 3.06 bits per heavy atom. The highest BCUT2D eigenvalue weighted by Gasteiger charge is 2.29. The Kier molecular flexibility index (Phi) is 3.97. The summed E-state index contributed by atoms with van der Waals surface area (Å²) in [5.41, 5.74) is 0. The van der Waals surface area contributed by atoms with Gasteiger partial charge in [-0.2, -0.15) is 4.39 Å². The molecule has 2 nitrogen and oxygen atoms in total. The van der Waals surface area contributed by atoms with Gasteiger partial charge in [0, 0.05) is 12.6 Å². The second-order valence-electron chi connectivity index (χ2n) is 4.99. The number of rotatable bonds is 4. The van der Waals surface area contributed by atoms with E-state index in [0.717, 1.165) is 12.4 Å². The van der Waals surface area contributed by atoms with E-state index in [-0.39, 0.29) is 5.95 Å². The van der Waals surface area contributed by atoms with Crippen molar-refractivity contribution in [2.45, 2.75) is 45.6 Å². The number of hydrogen-bond acceptors (Lipinski definition) is 2. The third kappa shape index (κ3) is 2.76. The van der Waals surface area contributed by atoms with Crippen LogP contribution in [-0.4, -0.2) is 17.6 Å². The van der Waals surface area contributed by atoms with Crippen molar-refractivity contribution in [1.29, 1.82) is 0 Å². The molecule has 0 saturated carbocycles. The summed E-state index contributed by atoms with van der Waals surface area (Å²) in [4.78, 5) is 6.29. The van der Waals surface area contributed by atoms with Gasteiger partial charge in [0.1, 0.15) is 5.82 Å². The van der Waals surface area contributed by atoms with E-state index in [4.69, 9.17) is 0 Å². The molecular weight excluding hydrogens is 215 g/mol. The van der Waals surface area contributed by atoms with Crippen LogP contribution in [0.4, 0.5) is 10.2 Å². The van der Waals surface area contributed by atoms with Gasteiger partial charge in [-0.05, 0) is 37.3 Å². The molecule has 1 aromatic heterocycles. The molecule has 1 aliphatic rings. The minimum atomic E-state index is -0.378. The van der Waals surface area contributed by atoms with Crippen molar-refractivity contribution in [2.75, 3.05) is 11.4 Å². The van der Waals surface area contributed by atoms with Crippen molar-refractivity contribution in [3.63, 3.8) is 0 Å². The molecule has 2 heterocycles. The molecule has 1 saturated heterocycles. The van der Waals surface area contributed by atoms with E-state index in [1.165, 1.54) is 31.7 Å². The van der Waals surface area contributed by atoms with Crippen LogP contribution >= 0.6 is 0 Å². The molecule has 0 bridgehead atoms. The third-order valence-electron chi connectivity index (χ3n) is 3.69. The predicted molar refractivity (Wildman–Crippen MR) is 68.6 cm³/mol. The summed E-state index contributed by atoms with van der Waals surface area (Å²) in [6, 6.07) is 5.60. The van der Waals surface area contributed by atoms with Crippen molar-refractivity contribution >= 4 is 5.82 Å². The normalized spacial score (nSPS) is 21.8. The van der Waals surface area contributed by atoms with Gasteiger partial charge in [-0.15, -0.1) is 0 Å². The molecular formula is C14H21FN2. The molecule has 94 valence electrons. The maximum absolute atomic E-state index is 13.2. The maximum atomic E-state index is 13.2. The second kappa shape index (κ2) is 5.48. The SMILES string of the molecule is CCCC(C)C1CCCN1c1cccc(F)n1. The molecule has 0 aromatic carbocycles. The van der Waals surface area contributed by atoms with E-state index >= 15 is 0 Å². The minimum absolute atomic E-state index is 0.378. The number of halogens is 1. The fourth-order valence-corrected chi connectivity index (χ4v) is 2.87. The van der Waals surface area contributed by atoms with Crippen LogP contribution in [0.5, 0.6) is 0 Å². The van der Waals surface area contributed by atoms with E-state index in [1.807, 2.05) is 6.07 Å². The van der Waals surface area contributed by atoms with Crippen LogP contribution in [0.15, 0.2) is 18.2 Å². The number of aromatic nitrogens is 1. The first-order valence-corrected chi connectivity index (χ1v) is 6.61. The summed E-state index contributed by atoms with van der Waals surface area (Å²) < 4.78 is 13.2. The Morgan fingerprint density at radius 2 is 2.35 bits per heavy atom. The van der Waals surface area contributed by atoms with Crippen LogP contribution in [0, 0.1) is 11.9 Å². The summed E-state index contributed by atoms with van der Waals surface area (Å²) in [7, 11) is 0.